The lowest BCUT2D eigenvalue weighted by Crippen LogP contribution is -1.98. The summed E-state index contributed by atoms with van der Waals surface area (Å²) in [7, 11) is 0. The molecule has 0 aliphatic heterocycles. The minimum Gasteiger partial charge on any atom is -0.481 e. The number of alkyl halides is 1. The Morgan fingerprint density at radius 2 is 2.50 bits per heavy atom. The van der Waals surface area contributed by atoms with Gasteiger partial charge < -0.3 is 5.11 Å². The molecule has 58 valence electrons. The Bertz CT molecular complexity index is 127. The van der Waals surface area contributed by atoms with Gasteiger partial charge in [0, 0.05) is 5.75 Å². The number of aliphatic carboxylic acids is 1. The van der Waals surface area contributed by atoms with Crippen LogP contribution in [0.1, 0.15) is 6.42 Å². The van der Waals surface area contributed by atoms with Gasteiger partial charge in [0.25, 0.3) is 0 Å². The largest absolute Gasteiger partial charge is 0.481 e. The fourth-order valence-electron chi connectivity index (χ4n) is 0.327. The number of hydrogen-bond acceptors (Lipinski definition) is 2. The van der Waals surface area contributed by atoms with Crippen molar-refractivity contribution in [2.24, 2.45) is 0 Å². The summed E-state index contributed by atoms with van der Waals surface area (Å²) in [5.74, 6) is -0.605. The zero-order valence-corrected chi connectivity index (χ0v) is 6.23. The van der Waals surface area contributed by atoms with Gasteiger partial charge in [0.15, 0.2) is 5.50 Å². The standard InChI is InChI=1S/C6H9FO2S/c1-2-5(7)10-4-3-6(8)9/h2,5H,1,3-4H2,(H,8,9). The van der Waals surface area contributed by atoms with Gasteiger partial charge in [0.1, 0.15) is 0 Å². The van der Waals surface area contributed by atoms with Gasteiger partial charge in [-0.3, -0.25) is 4.79 Å². The quantitative estimate of drug-likeness (QED) is 0.628. The van der Waals surface area contributed by atoms with Crippen molar-refractivity contribution < 1.29 is 14.3 Å². The molecule has 0 saturated carbocycles. The zero-order chi connectivity index (χ0) is 7.98. The van der Waals surface area contributed by atoms with Crippen LogP contribution in [0.3, 0.4) is 0 Å². The van der Waals surface area contributed by atoms with Crippen LogP contribution in [0.4, 0.5) is 4.39 Å². The molecule has 1 unspecified atom stereocenters. The molecule has 2 nitrogen and oxygen atoms in total. The van der Waals surface area contributed by atoms with E-state index in [0.29, 0.717) is 5.75 Å². The van der Waals surface area contributed by atoms with E-state index in [1.165, 1.54) is 0 Å². The van der Waals surface area contributed by atoms with Crippen molar-refractivity contribution >= 4 is 17.7 Å². The number of carboxylic acid groups (broad SMARTS) is 1. The molecule has 0 aliphatic carbocycles. The zero-order valence-electron chi connectivity index (χ0n) is 5.42. The van der Waals surface area contributed by atoms with Crippen LogP contribution in [0.15, 0.2) is 12.7 Å². The van der Waals surface area contributed by atoms with Crippen LogP contribution in [0, 0.1) is 0 Å². The van der Waals surface area contributed by atoms with Gasteiger partial charge in [0.2, 0.25) is 0 Å². The Labute approximate surface area is 63.1 Å². The van der Waals surface area contributed by atoms with Crippen LogP contribution < -0.4 is 0 Å². The summed E-state index contributed by atoms with van der Waals surface area (Å²) in [6, 6.07) is 0. The lowest BCUT2D eigenvalue weighted by Gasteiger charge is -1.98. The van der Waals surface area contributed by atoms with E-state index < -0.39 is 11.5 Å². The molecule has 1 atom stereocenters. The predicted molar refractivity (Wildman–Crippen MR) is 39.8 cm³/mol. The maximum Gasteiger partial charge on any atom is 0.304 e. The summed E-state index contributed by atoms with van der Waals surface area (Å²) in [5.41, 5.74) is -1.14. The van der Waals surface area contributed by atoms with E-state index >= 15 is 0 Å². The normalized spacial score (nSPS) is 12.5. The maximum atomic E-state index is 12.2. The fraction of sp³-hybridized carbons (Fsp3) is 0.500. The average molecular weight is 164 g/mol. The van der Waals surface area contributed by atoms with E-state index in [-0.39, 0.29) is 6.42 Å². The molecule has 0 saturated heterocycles. The first-order valence-corrected chi connectivity index (χ1v) is 3.81. The molecule has 0 fully saturated rings. The summed E-state index contributed by atoms with van der Waals surface area (Å²) in [6.45, 7) is 3.22. The van der Waals surface area contributed by atoms with E-state index in [0.717, 1.165) is 17.8 Å². The molecule has 10 heavy (non-hydrogen) atoms. The number of halogens is 1. The molecule has 4 heteroatoms. The Morgan fingerprint density at radius 1 is 1.90 bits per heavy atom. The highest BCUT2D eigenvalue weighted by molar-refractivity contribution is 7.99. The van der Waals surface area contributed by atoms with Gasteiger partial charge in [-0.05, 0) is 6.08 Å². The topological polar surface area (TPSA) is 37.3 Å². The van der Waals surface area contributed by atoms with Crippen LogP contribution in [0.5, 0.6) is 0 Å². The van der Waals surface area contributed by atoms with Crippen molar-refractivity contribution in [1.29, 1.82) is 0 Å². The summed E-state index contributed by atoms with van der Waals surface area (Å²) in [5, 5.41) is 8.14. The third kappa shape index (κ3) is 5.62. The van der Waals surface area contributed by atoms with Gasteiger partial charge in [-0.25, -0.2) is 4.39 Å². The van der Waals surface area contributed by atoms with Crippen LogP contribution >= 0.6 is 11.8 Å². The first-order chi connectivity index (χ1) is 4.66. The maximum absolute atomic E-state index is 12.2. The molecular formula is C6H9FO2S. The van der Waals surface area contributed by atoms with Gasteiger partial charge in [-0.15, -0.1) is 11.8 Å². The van der Waals surface area contributed by atoms with Crippen molar-refractivity contribution in [2.75, 3.05) is 5.75 Å². The van der Waals surface area contributed by atoms with E-state index in [1.54, 1.807) is 0 Å². The Balaban J connectivity index is 3.19. The minimum absolute atomic E-state index is 0.00106. The number of carbonyl (C=O) groups is 1. The van der Waals surface area contributed by atoms with E-state index in [9.17, 15) is 9.18 Å². The third-order valence-electron chi connectivity index (χ3n) is 0.778. The number of carboxylic acids is 1. The average Bonchev–Trinajstić information content (AvgIpc) is 1.87. The van der Waals surface area contributed by atoms with Gasteiger partial charge in [-0.1, -0.05) is 6.58 Å². The highest BCUT2D eigenvalue weighted by Crippen LogP contribution is 2.13. The van der Waals surface area contributed by atoms with E-state index in [1.807, 2.05) is 0 Å². The van der Waals surface area contributed by atoms with Gasteiger partial charge in [0.05, 0.1) is 6.42 Å². The van der Waals surface area contributed by atoms with Crippen LogP contribution in [0.2, 0.25) is 0 Å². The molecule has 0 heterocycles. The lowest BCUT2D eigenvalue weighted by molar-refractivity contribution is -0.136. The lowest BCUT2D eigenvalue weighted by atomic mass is 10.5. The Morgan fingerprint density at radius 3 is 2.90 bits per heavy atom. The number of hydrogen-bond donors (Lipinski definition) is 1. The first-order valence-electron chi connectivity index (χ1n) is 2.77. The summed E-state index contributed by atoms with van der Waals surface area (Å²) >= 11 is 0.939. The fourth-order valence-corrected chi connectivity index (χ4v) is 0.981. The van der Waals surface area contributed by atoms with Crippen LogP contribution in [0.25, 0.3) is 0 Å². The second kappa shape index (κ2) is 5.29. The molecule has 0 aliphatic rings. The van der Waals surface area contributed by atoms with Crippen molar-refractivity contribution in [1.82, 2.24) is 0 Å². The van der Waals surface area contributed by atoms with Crippen LogP contribution in [-0.2, 0) is 4.79 Å². The van der Waals surface area contributed by atoms with Crippen LogP contribution in [-0.4, -0.2) is 22.3 Å². The minimum atomic E-state index is -1.14. The summed E-state index contributed by atoms with van der Waals surface area (Å²) in [6.07, 6.45) is 1.14. The number of thioether (sulfide) groups is 1. The van der Waals surface area contributed by atoms with E-state index in [2.05, 4.69) is 6.58 Å². The molecule has 0 spiro atoms. The second-order valence-electron chi connectivity index (χ2n) is 1.60. The molecule has 0 amide bonds. The second-order valence-corrected chi connectivity index (χ2v) is 2.79. The summed E-state index contributed by atoms with van der Waals surface area (Å²) < 4.78 is 12.2. The highest BCUT2D eigenvalue weighted by atomic mass is 32.2. The Hall–Kier alpha value is -0.510. The smallest absolute Gasteiger partial charge is 0.304 e. The van der Waals surface area contributed by atoms with E-state index in [4.69, 9.17) is 5.11 Å². The number of rotatable bonds is 5. The van der Waals surface area contributed by atoms with Crippen molar-refractivity contribution in [3.63, 3.8) is 0 Å². The molecule has 0 aromatic carbocycles. The van der Waals surface area contributed by atoms with Gasteiger partial charge >= 0.3 is 5.97 Å². The van der Waals surface area contributed by atoms with Crippen molar-refractivity contribution in [3.05, 3.63) is 12.7 Å². The van der Waals surface area contributed by atoms with Crippen molar-refractivity contribution in [2.45, 2.75) is 11.9 Å². The van der Waals surface area contributed by atoms with Crippen molar-refractivity contribution in [3.8, 4) is 0 Å². The summed E-state index contributed by atoms with van der Waals surface area (Å²) in [4.78, 5) is 9.91. The molecule has 1 N–H and O–H groups in total. The highest BCUT2D eigenvalue weighted by Gasteiger charge is 2.02. The Kier molecular flexibility index (Phi) is 5.02. The first kappa shape index (κ1) is 9.49. The monoisotopic (exact) mass is 164 g/mol. The third-order valence-corrected chi connectivity index (χ3v) is 1.73. The van der Waals surface area contributed by atoms with Gasteiger partial charge in [-0.2, -0.15) is 0 Å². The molecule has 0 aromatic heterocycles. The molecule has 0 bridgehead atoms. The predicted octanol–water partition coefficient (Wildman–Crippen LogP) is 1.68. The molecular weight excluding hydrogens is 155 g/mol. The molecule has 0 radical (unpaired) electrons. The molecule has 0 rings (SSSR count). The SMILES string of the molecule is C=CC(F)SCCC(=O)O. The molecule has 0 aromatic rings.